The van der Waals surface area contributed by atoms with E-state index in [1.165, 1.54) is 0 Å². The smallest absolute Gasteiger partial charge is 0.257 e. The van der Waals surface area contributed by atoms with Crippen LogP contribution in [-0.4, -0.2) is 43.2 Å². The van der Waals surface area contributed by atoms with Gasteiger partial charge in [0.25, 0.3) is 5.91 Å². The van der Waals surface area contributed by atoms with Crippen molar-refractivity contribution in [1.29, 1.82) is 0 Å². The third-order valence-electron chi connectivity index (χ3n) is 3.23. The fourth-order valence-corrected chi connectivity index (χ4v) is 2.38. The monoisotopic (exact) mass is 294 g/mol. The second kappa shape index (κ2) is 6.56. The van der Waals surface area contributed by atoms with Crippen molar-refractivity contribution >= 4 is 23.2 Å². The second-order valence-electron chi connectivity index (χ2n) is 4.55. The molecule has 1 heterocycles. The van der Waals surface area contributed by atoms with Crippen LogP contribution in [0.25, 0.3) is 0 Å². The molecule has 0 aliphatic carbocycles. The summed E-state index contributed by atoms with van der Waals surface area (Å²) in [6.07, 6.45) is 2.23. The molecular weight excluding hydrogens is 276 g/mol. The largest absolute Gasteiger partial charge is 0.497 e. The third-order valence-corrected chi connectivity index (χ3v) is 3.59. The first-order valence-corrected chi connectivity index (χ1v) is 6.88. The molecule has 1 aliphatic rings. The van der Waals surface area contributed by atoms with Gasteiger partial charge in [0.05, 0.1) is 14.2 Å². The number of thiocarbonyl (C=S) groups is 1. The summed E-state index contributed by atoms with van der Waals surface area (Å²) in [5.74, 6) is 0.891. The second-order valence-corrected chi connectivity index (χ2v) is 4.94. The molecule has 1 aromatic rings. The number of hydrogen-bond acceptors (Lipinski definition) is 4. The zero-order chi connectivity index (χ0) is 14.5. The van der Waals surface area contributed by atoms with Crippen LogP contribution < -0.4 is 14.8 Å². The average Bonchev–Trinajstić information content (AvgIpc) is 3.00. The molecule has 1 saturated heterocycles. The SMILES string of the molecule is COc1cc(OC)cc(C(=O)NC(=S)N2CCCC2)c1. The van der Waals surface area contributed by atoms with Gasteiger partial charge in [-0.3, -0.25) is 10.1 Å². The molecular formula is C14H18N2O3S. The maximum absolute atomic E-state index is 12.2. The fourth-order valence-electron chi connectivity index (χ4n) is 2.11. The summed E-state index contributed by atoms with van der Waals surface area (Å²) in [6.45, 7) is 1.81. The number of rotatable bonds is 3. The van der Waals surface area contributed by atoms with E-state index in [0.717, 1.165) is 25.9 Å². The number of methoxy groups -OCH3 is 2. The van der Waals surface area contributed by atoms with Gasteiger partial charge in [0.2, 0.25) is 0 Å². The molecule has 0 radical (unpaired) electrons. The predicted molar refractivity (Wildman–Crippen MR) is 80.4 cm³/mol. The van der Waals surface area contributed by atoms with Crippen molar-refractivity contribution in [3.05, 3.63) is 23.8 Å². The number of benzene rings is 1. The quantitative estimate of drug-likeness (QED) is 0.862. The Balaban J connectivity index is 2.09. The van der Waals surface area contributed by atoms with Crippen LogP contribution in [0.3, 0.4) is 0 Å². The molecule has 1 aliphatic heterocycles. The van der Waals surface area contributed by atoms with Gasteiger partial charge in [-0.25, -0.2) is 0 Å². The van der Waals surface area contributed by atoms with E-state index in [1.807, 2.05) is 4.90 Å². The molecule has 5 nitrogen and oxygen atoms in total. The van der Waals surface area contributed by atoms with E-state index >= 15 is 0 Å². The van der Waals surface area contributed by atoms with E-state index in [-0.39, 0.29) is 5.91 Å². The number of carbonyl (C=O) groups excluding carboxylic acids is 1. The Labute approximate surface area is 123 Å². The maximum atomic E-state index is 12.2. The minimum Gasteiger partial charge on any atom is -0.497 e. The van der Waals surface area contributed by atoms with Gasteiger partial charge in [0.15, 0.2) is 5.11 Å². The van der Waals surface area contributed by atoms with Gasteiger partial charge in [0.1, 0.15) is 11.5 Å². The molecule has 1 N–H and O–H groups in total. The third kappa shape index (κ3) is 3.39. The Morgan fingerprint density at radius 1 is 1.15 bits per heavy atom. The molecule has 0 atom stereocenters. The van der Waals surface area contributed by atoms with Crippen molar-refractivity contribution in [3.63, 3.8) is 0 Å². The number of carbonyl (C=O) groups is 1. The van der Waals surface area contributed by atoms with E-state index in [2.05, 4.69) is 5.32 Å². The molecule has 1 fully saturated rings. The maximum Gasteiger partial charge on any atom is 0.257 e. The summed E-state index contributed by atoms with van der Waals surface area (Å²) < 4.78 is 10.3. The highest BCUT2D eigenvalue weighted by molar-refractivity contribution is 7.80. The van der Waals surface area contributed by atoms with Crippen LogP contribution >= 0.6 is 12.2 Å². The Kier molecular flexibility index (Phi) is 4.79. The predicted octanol–water partition coefficient (Wildman–Crippen LogP) is 1.81. The van der Waals surface area contributed by atoms with Crippen molar-refractivity contribution in [1.82, 2.24) is 10.2 Å². The molecule has 0 aromatic heterocycles. The Morgan fingerprint density at radius 3 is 2.20 bits per heavy atom. The van der Waals surface area contributed by atoms with Gasteiger partial charge in [-0.2, -0.15) is 0 Å². The number of nitrogens with zero attached hydrogens (tertiary/aromatic N) is 1. The van der Waals surface area contributed by atoms with Crippen LogP contribution in [-0.2, 0) is 0 Å². The highest BCUT2D eigenvalue weighted by Gasteiger charge is 2.18. The first-order valence-electron chi connectivity index (χ1n) is 6.47. The van der Waals surface area contributed by atoms with Crippen LogP contribution in [0, 0.1) is 0 Å². The number of nitrogens with one attached hydrogen (secondary N) is 1. The lowest BCUT2D eigenvalue weighted by atomic mass is 10.2. The normalized spacial score (nSPS) is 14.0. The summed E-state index contributed by atoms with van der Waals surface area (Å²) >= 11 is 5.24. The summed E-state index contributed by atoms with van der Waals surface area (Å²) in [4.78, 5) is 14.2. The van der Waals surface area contributed by atoms with Gasteiger partial charge in [-0.05, 0) is 37.2 Å². The molecule has 108 valence electrons. The van der Waals surface area contributed by atoms with Gasteiger partial charge in [-0.1, -0.05) is 0 Å². The number of hydrogen-bond donors (Lipinski definition) is 1. The number of likely N-dealkylation sites (tertiary alicyclic amines) is 1. The molecule has 1 aromatic carbocycles. The zero-order valence-electron chi connectivity index (χ0n) is 11.6. The minimum atomic E-state index is -0.251. The lowest BCUT2D eigenvalue weighted by molar-refractivity contribution is 0.0973. The van der Waals surface area contributed by atoms with E-state index in [1.54, 1.807) is 32.4 Å². The fraction of sp³-hybridized carbons (Fsp3) is 0.429. The summed E-state index contributed by atoms with van der Waals surface area (Å²) in [5.41, 5.74) is 0.461. The van der Waals surface area contributed by atoms with Gasteiger partial charge >= 0.3 is 0 Å². The number of amides is 1. The molecule has 20 heavy (non-hydrogen) atoms. The van der Waals surface area contributed by atoms with Crippen LogP contribution in [0.4, 0.5) is 0 Å². The highest BCUT2D eigenvalue weighted by Crippen LogP contribution is 2.22. The molecule has 0 saturated carbocycles. The Bertz CT molecular complexity index is 491. The molecule has 0 spiro atoms. The van der Waals surface area contributed by atoms with Crippen molar-refractivity contribution in [2.45, 2.75) is 12.8 Å². The van der Waals surface area contributed by atoms with E-state index < -0.39 is 0 Å². The first kappa shape index (κ1) is 14.6. The Hall–Kier alpha value is -1.82. The molecule has 0 bridgehead atoms. The van der Waals surface area contributed by atoms with Crippen LogP contribution in [0.5, 0.6) is 11.5 Å². The van der Waals surface area contributed by atoms with Crippen molar-refractivity contribution in [2.24, 2.45) is 0 Å². The summed E-state index contributed by atoms with van der Waals surface area (Å²) in [7, 11) is 3.09. The van der Waals surface area contributed by atoms with E-state index in [9.17, 15) is 4.79 Å². The van der Waals surface area contributed by atoms with E-state index in [0.29, 0.717) is 22.2 Å². The van der Waals surface area contributed by atoms with Gasteiger partial charge in [-0.15, -0.1) is 0 Å². The lowest BCUT2D eigenvalue weighted by Crippen LogP contribution is -2.41. The van der Waals surface area contributed by atoms with Crippen molar-refractivity contribution in [3.8, 4) is 11.5 Å². The summed E-state index contributed by atoms with van der Waals surface area (Å²) in [6, 6.07) is 5.03. The molecule has 6 heteroatoms. The summed E-state index contributed by atoms with van der Waals surface area (Å²) in [5, 5.41) is 3.23. The van der Waals surface area contributed by atoms with Crippen LogP contribution in [0.15, 0.2) is 18.2 Å². The van der Waals surface area contributed by atoms with Crippen LogP contribution in [0.2, 0.25) is 0 Å². The topological polar surface area (TPSA) is 50.8 Å². The number of ether oxygens (including phenoxy) is 2. The molecule has 1 amide bonds. The Morgan fingerprint density at radius 2 is 1.70 bits per heavy atom. The van der Waals surface area contributed by atoms with E-state index in [4.69, 9.17) is 21.7 Å². The average molecular weight is 294 g/mol. The van der Waals surface area contributed by atoms with Crippen LogP contribution in [0.1, 0.15) is 23.2 Å². The first-order chi connectivity index (χ1) is 9.63. The van der Waals surface area contributed by atoms with Gasteiger partial charge < -0.3 is 14.4 Å². The van der Waals surface area contributed by atoms with Crippen molar-refractivity contribution in [2.75, 3.05) is 27.3 Å². The highest BCUT2D eigenvalue weighted by atomic mass is 32.1. The van der Waals surface area contributed by atoms with Gasteiger partial charge in [0, 0.05) is 24.7 Å². The van der Waals surface area contributed by atoms with Crippen molar-refractivity contribution < 1.29 is 14.3 Å². The standard InChI is InChI=1S/C14H18N2O3S/c1-18-11-7-10(8-12(9-11)19-2)13(17)15-14(20)16-5-3-4-6-16/h7-9H,3-6H2,1-2H3,(H,15,17,20). The lowest BCUT2D eigenvalue weighted by Gasteiger charge is -2.19. The molecule has 0 unspecified atom stereocenters. The zero-order valence-corrected chi connectivity index (χ0v) is 12.5. The molecule has 2 rings (SSSR count). The minimum absolute atomic E-state index is 0.251.